The molecule has 0 aliphatic rings. The van der Waals surface area contributed by atoms with Crippen LogP contribution in [0.2, 0.25) is 0 Å². The summed E-state index contributed by atoms with van der Waals surface area (Å²) in [5.74, 6) is -0.405. The number of nitriles is 1. The van der Waals surface area contributed by atoms with Crippen LogP contribution in [0, 0.1) is 24.1 Å². The SMILES string of the molecule is Cc1cccc(CN(C)c2cc(F)cc(C#N)c2)n1. The Labute approximate surface area is 111 Å². The molecule has 0 N–H and O–H groups in total. The number of nitrogens with zero attached hydrogens (tertiary/aromatic N) is 3. The van der Waals surface area contributed by atoms with Crippen molar-refractivity contribution in [2.24, 2.45) is 0 Å². The van der Waals surface area contributed by atoms with E-state index in [0.717, 1.165) is 11.4 Å². The van der Waals surface area contributed by atoms with Gasteiger partial charge in [0.05, 0.1) is 23.9 Å². The number of rotatable bonds is 3. The lowest BCUT2D eigenvalue weighted by atomic mass is 10.2. The molecule has 19 heavy (non-hydrogen) atoms. The van der Waals surface area contributed by atoms with Gasteiger partial charge in [-0.2, -0.15) is 5.26 Å². The van der Waals surface area contributed by atoms with Crippen molar-refractivity contribution in [1.82, 2.24) is 4.98 Å². The average Bonchev–Trinajstić information content (AvgIpc) is 2.38. The van der Waals surface area contributed by atoms with Gasteiger partial charge in [-0.3, -0.25) is 4.98 Å². The van der Waals surface area contributed by atoms with Crippen LogP contribution in [0.3, 0.4) is 0 Å². The van der Waals surface area contributed by atoms with Gasteiger partial charge in [0.1, 0.15) is 5.82 Å². The van der Waals surface area contributed by atoms with Crippen LogP contribution in [-0.4, -0.2) is 12.0 Å². The summed E-state index contributed by atoms with van der Waals surface area (Å²) < 4.78 is 13.4. The third kappa shape index (κ3) is 3.29. The van der Waals surface area contributed by atoms with Gasteiger partial charge in [0, 0.05) is 18.4 Å². The molecule has 4 heteroatoms. The van der Waals surface area contributed by atoms with Gasteiger partial charge >= 0.3 is 0 Å². The Morgan fingerprint density at radius 2 is 2.11 bits per heavy atom. The van der Waals surface area contributed by atoms with E-state index >= 15 is 0 Å². The summed E-state index contributed by atoms with van der Waals surface area (Å²) in [7, 11) is 1.85. The molecule has 96 valence electrons. The summed E-state index contributed by atoms with van der Waals surface area (Å²) in [5, 5.41) is 8.85. The fourth-order valence-electron chi connectivity index (χ4n) is 1.88. The van der Waals surface area contributed by atoms with E-state index < -0.39 is 5.82 Å². The van der Waals surface area contributed by atoms with E-state index in [1.165, 1.54) is 12.1 Å². The summed E-state index contributed by atoms with van der Waals surface area (Å²) in [6, 6.07) is 12.1. The molecule has 0 aliphatic heterocycles. The van der Waals surface area contributed by atoms with Crippen LogP contribution in [0.15, 0.2) is 36.4 Å². The molecule has 1 aromatic carbocycles. The van der Waals surface area contributed by atoms with E-state index in [0.29, 0.717) is 17.8 Å². The Hall–Kier alpha value is -2.41. The van der Waals surface area contributed by atoms with Gasteiger partial charge in [0.25, 0.3) is 0 Å². The first-order valence-corrected chi connectivity index (χ1v) is 5.93. The maximum atomic E-state index is 13.4. The zero-order valence-corrected chi connectivity index (χ0v) is 10.9. The van der Waals surface area contributed by atoms with Crippen LogP contribution in [0.4, 0.5) is 10.1 Å². The zero-order chi connectivity index (χ0) is 13.8. The molecule has 0 radical (unpaired) electrons. The van der Waals surface area contributed by atoms with Crippen molar-refractivity contribution in [3.05, 3.63) is 59.2 Å². The number of aryl methyl sites for hydroxylation is 1. The number of anilines is 1. The number of aromatic nitrogens is 1. The third-order valence-electron chi connectivity index (χ3n) is 2.80. The molecule has 2 rings (SSSR count). The molecule has 1 aromatic heterocycles. The van der Waals surface area contributed by atoms with E-state index in [9.17, 15) is 4.39 Å². The highest BCUT2D eigenvalue weighted by Crippen LogP contribution is 2.18. The second-order valence-corrected chi connectivity index (χ2v) is 4.44. The Kier molecular flexibility index (Phi) is 3.76. The van der Waals surface area contributed by atoms with Crippen LogP contribution >= 0.6 is 0 Å². The number of hydrogen-bond acceptors (Lipinski definition) is 3. The van der Waals surface area contributed by atoms with E-state index in [4.69, 9.17) is 5.26 Å². The minimum Gasteiger partial charge on any atom is -0.369 e. The van der Waals surface area contributed by atoms with Gasteiger partial charge in [-0.1, -0.05) is 6.07 Å². The highest BCUT2D eigenvalue weighted by Gasteiger charge is 2.07. The highest BCUT2D eigenvalue weighted by molar-refractivity contribution is 5.51. The minimum atomic E-state index is -0.405. The maximum Gasteiger partial charge on any atom is 0.126 e. The van der Waals surface area contributed by atoms with Crippen molar-refractivity contribution in [3.63, 3.8) is 0 Å². The molecule has 2 aromatic rings. The smallest absolute Gasteiger partial charge is 0.126 e. The largest absolute Gasteiger partial charge is 0.369 e. The fourth-order valence-corrected chi connectivity index (χ4v) is 1.88. The van der Waals surface area contributed by atoms with Gasteiger partial charge < -0.3 is 4.90 Å². The lowest BCUT2D eigenvalue weighted by molar-refractivity contribution is 0.626. The van der Waals surface area contributed by atoms with Gasteiger partial charge in [0.15, 0.2) is 0 Å². The minimum absolute atomic E-state index is 0.319. The maximum absolute atomic E-state index is 13.4. The van der Waals surface area contributed by atoms with Crippen molar-refractivity contribution in [1.29, 1.82) is 5.26 Å². The number of pyridine rings is 1. The van der Waals surface area contributed by atoms with Crippen LogP contribution in [-0.2, 0) is 6.54 Å². The van der Waals surface area contributed by atoms with Crippen molar-refractivity contribution >= 4 is 5.69 Å². The Morgan fingerprint density at radius 3 is 2.79 bits per heavy atom. The molecule has 0 saturated heterocycles. The van der Waals surface area contributed by atoms with Crippen molar-refractivity contribution in [2.75, 3.05) is 11.9 Å². The molecular formula is C15H14FN3. The molecule has 3 nitrogen and oxygen atoms in total. The predicted molar refractivity (Wildman–Crippen MR) is 72.2 cm³/mol. The quantitative estimate of drug-likeness (QED) is 0.846. The highest BCUT2D eigenvalue weighted by atomic mass is 19.1. The third-order valence-corrected chi connectivity index (χ3v) is 2.80. The molecular weight excluding hydrogens is 241 g/mol. The molecule has 0 unspecified atom stereocenters. The van der Waals surface area contributed by atoms with Crippen molar-refractivity contribution in [2.45, 2.75) is 13.5 Å². The molecule has 0 spiro atoms. The van der Waals surface area contributed by atoms with E-state index in [1.807, 2.05) is 43.1 Å². The molecule has 0 fully saturated rings. The van der Waals surface area contributed by atoms with Gasteiger partial charge in [0.2, 0.25) is 0 Å². The van der Waals surface area contributed by atoms with Crippen molar-refractivity contribution in [3.8, 4) is 6.07 Å². The van der Waals surface area contributed by atoms with E-state index in [1.54, 1.807) is 6.07 Å². The Bertz CT molecular complexity index is 632. The lowest BCUT2D eigenvalue weighted by Crippen LogP contribution is -2.17. The van der Waals surface area contributed by atoms with Crippen LogP contribution in [0.5, 0.6) is 0 Å². The zero-order valence-electron chi connectivity index (χ0n) is 10.9. The summed E-state index contributed by atoms with van der Waals surface area (Å²) in [4.78, 5) is 6.27. The molecule has 0 aliphatic carbocycles. The van der Waals surface area contributed by atoms with Crippen molar-refractivity contribution < 1.29 is 4.39 Å². The van der Waals surface area contributed by atoms with E-state index in [2.05, 4.69) is 4.98 Å². The van der Waals surface area contributed by atoms with Gasteiger partial charge in [-0.15, -0.1) is 0 Å². The van der Waals surface area contributed by atoms with Gasteiger partial charge in [-0.25, -0.2) is 4.39 Å². The second kappa shape index (κ2) is 5.49. The van der Waals surface area contributed by atoms with Crippen LogP contribution in [0.25, 0.3) is 0 Å². The first-order valence-electron chi connectivity index (χ1n) is 5.93. The first-order chi connectivity index (χ1) is 9.08. The number of benzene rings is 1. The summed E-state index contributed by atoms with van der Waals surface area (Å²) in [6.45, 7) is 2.50. The molecule has 0 saturated carbocycles. The monoisotopic (exact) mass is 255 g/mol. The number of halogens is 1. The van der Waals surface area contributed by atoms with E-state index in [-0.39, 0.29) is 0 Å². The summed E-state index contributed by atoms with van der Waals surface area (Å²) >= 11 is 0. The molecule has 0 amide bonds. The fraction of sp³-hybridized carbons (Fsp3) is 0.200. The topological polar surface area (TPSA) is 39.9 Å². The normalized spacial score (nSPS) is 10.0. The molecule has 0 bridgehead atoms. The number of hydrogen-bond donors (Lipinski definition) is 0. The lowest BCUT2D eigenvalue weighted by Gasteiger charge is -2.19. The average molecular weight is 255 g/mol. The first kappa shape index (κ1) is 13.0. The van der Waals surface area contributed by atoms with Crippen LogP contribution < -0.4 is 4.90 Å². The molecule has 1 heterocycles. The Morgan fingerprint density at radius 1 is 1.32 bits per heavy atom. The standard InChI is InChI=1S/C15H14FN3/c1-11-4-3-5-14(18-11)10-19(2)15-7-12(9-17)6-13(16)8-15/h3-8H,10H2,1-2H3. The van der Waals surface area contributed by atoms with Crippen LogP contribution in [0.1, 0.15) is 17.0 Å². The molecule has 0 atom stereocenters. The summed E-state index contributed by atoms with van der Waals surface area (Å²) in [5.41, 5.74) is 2.84. The predicted octanol–water partition coefficient (Wildman–Crippen LogP) is 3.04. The van der Waals surface area contributed by atoms with Gasteiger partial charge in [-0.05, 0) is 37.3 Å². The Balaban J connectivity index is 2.23. The summed E-state index contributed by atoms with van der Waals surface area (Å²) in [6.07, 6.45) is 0. The second-order valence-electron chi connectivity index (χ2n) is 4.44.